The second kappa shape index (κ2) is 7.92. The first-order valence-electron chi connectivity index (χ1n) is 7.70. The van der Waals surface area contributed by atoms with E-state index < -0.39 is 0 Å². The Morgan fingerprint density at radius 2 is 1.85 bits per heavy atom. The van der Waals surface area contributed by atoms with Crippen LogP contribution in [0, 0.1) is 11.8 Å². The van der Waals surface area contributed by atoms with E-state index in [2.05, 4.69) is 6.92 Å². The van der Waals surface area contributed by atoms with E-state index in [1.54, 1.807) is 0 Å². The van der Waals surface area contributed by atoms with Gasteiger partial charge in [0.05, 0.1) is 5.38 Å². The molecule has 112 valence electrons. The van der Waals surface area contributed by atoms with Gasteiger partial charge in [-0.2, -0.15) is 0 Å². The second-order valence-corrected chi connectivity index (χ2v) is 7.30. The summed E-state index contributed by atoms with van der Waals surface area (Å²) >= 11 is 19.0. The predicted molar refractivity (Wildman–Crippen MR) is 90.0 cm³/mol. The third-order valence-electron chi connectivity index (χ3n) is 4.53. The van der Waals surface area contributed by atoms with Gasteiger partial charge in [-0.05, 0) is 48.4 Å². The van der Waals surface area contributed by atoms with Crippen LogP contribution < -0.4 is 0 Å². The molecule has 0 aliphatic heterocycles. The third kappa shape index (κ3) is 4.29. The van der Waals surface area contributed by atoms with Gasteiger partial charge in [0.1, 0.15) is 0 Å². The van der Waals surface area contributed by atoms with E-state index in [1.807, 2.05) is 18.2 Å². The summed E-state index contributed by atoms with van der Waals surface area (Å²) in [5, 5.41) is 1.45. The SMILES string of the molecule is CCCCC1CCC(C(Cl)c2cc(Cl)ccc2Cl)CC1. The largest absolute Gasteiger partial charge is 0.117 e. The van der Waals surface area contributed by atoms with Crippen LogP contribution in [-0.4, -0.2) is 0 Å². The van der Waals surface area contributed by atoms with Crippen LogP contribution in [0.1, 0.15) is 62.8 Å². The van der Waals surface area contributed by atoms with Crippen molar-refractivity contribution in [3.63, 3.8) is 0 Å². The normalized spacial score (nSPS) is 24.6. The molecule has 1 atom stereocenters. The van der Waals surface area contributed by atoms with Crippen molar-refractivity contribution in [3.8, 4) is 0 Å². The molecule has 1 aliphatic rings. The van der Waals surface area contributed by atoms with Crippen molar-refractivity contribution in [2.75, 3.05) is 0 Å². The molecule has 1 aromatic rings. The molecule has 3 heteroatoms. The molecule has 0 bridgehead atoms. The number of benzene rings is 1. The smallest absolute Gasteiger partial charge is 0.0628 e. The molecule has 0 amide bonds. The zero-order chi connectivity index (χ0) is 14.5. The van der Waals surface area contributed by atoms with E-state index in [-0.39, 0.29) is 5.38 Å². The van der Waals surface area contributed by atoms with Crippen molar-refractivity contribution < 1.29 is 0 Å². The highest BCUT2D eigenvalue weighted by Crippen LogP contribution is 2.43. The van der Waals surface area contributed by atoms with E-state index in [9.17, 15) is 0 Å². The van der Waals surface area contributed by atoms with E-state index in [0.717, 1.165) is 16.5 Å². The lowest BCUT2D eigenvalue weighted by Gasteiger charge is -2.31. The van der Waals surface area contributed by atoms with E-state index in [0.29, 0.717) is 10.9 Å². The number of hydrogen-bond acceptors (Lipinski definition) is 0. The molecule has 0 spiro atoms. The van der Waals surface area contributed by atoms with Gasteiger partial charge >= 0.3 is 0 Å². The molecule has 1 unspecified atom stereocenters. The lowest BCUT2D eigenvalue weighted by molar-refractivity contribution is 0.254. The van der Waals surface area contributed by atoms with Crippen molar-refractivity contribution >= 4 is 34.8 Å². The Kier molecular flexibility index (Phi) is 6.52. The van der Waals surface area contributed by atoms with E-state index in [4.69, 9.17) is 34.8 Å². The molecule has 0 heterocycles. The van der Waals surface area contributed by atoms with Gasteiger partial charge in [0.2, 0.25) is 0 Å². The predicted octanol–water partition coefficient (Wildman–Crippen LogP) is 7.27. The molecule has 0 N–H and O–H groups in total. The Hall–Kier alpha value is 0.0900. The van der Waals surface area contributed by atoms with Crippen LogP contribution in [0.3, 0.4) is 0 Å². The van der Waals surface area contributed by atoms with Gasteiger partial charge in [-0.25, -0.2) is 0 Å². The van der Waals surface area contributed by atoms with Crippen LogP contribution in [-0.2, 0) is 0 Å². The fraction of sp³-hybridized carbons (Fsp3) is 0.647. The fourth-order valence-corrected chi connectivity index (χ4v) is 4.15. The Labute approximate surface area is 137 Å². The summed E-state index contributed by atoms with van der Waals surface area (Å²) in [5.74, 6) is 1.44. The molecule has 0 aromatic heterocycles. The van der Waals surface area contributed by atoms with Gasteiger partial charge in [-0.1, -0.05) is 62.2 Å². The molecule has 0 radical (unpaired) electrons. The minimum atomic E-state index is -0.00618. The van der Waals surface area contributed by atoms with Crippen molar-refractivity contribution in [3.05, 3.63) is 33.8 Å². The highest BCUT2D eigenvalue weighted by Gasteiger charge is 2.28. The second-order valence-electron chi connectivity index (χ2n) is 5.99. The van der Waals surface area contributed by atoms with Gasteiger partial charge in [-0.15, -0.1) is 11.6 Å². The van der Waals surface area contributed by atoms with Crippen molar-refractivity contribution in [2.45, 2.75) is 57.2 Å². The summed E-state index contributed by atoms with van der Waals surface area (Å²) in [6, 6.07) is 5.59. The fourth-order valence-electron chi connectivity index (χ4n) is 3.24. The van der Waals surface area contributed by atoms with Gasteiger partial charge in [-0.3, -0.25) is 0 Å². The van der Waals surface area contributed by atoms with Crippen LogP contribution in [0.25, 0.3) is 0 Å². The topological polar surface area (TPSA) is 0 Å². The molecule has 2 rings (SSSR count). The molecule has 1 aliphatic carbocycles. The Balaban J connectivity index is 1.94. The average Bonchev–Trinajstić information content (AvgIpc) is 2.47. The molecule has 1 fully saturated rings. The Bertz CT molecular complexity index is 422. The Morgan fingerprint density at radius 1 is 1.15 bits per heavy atom. The zero-order valence-corrected chi connectivity index (χ0v) is 14.3. The van der Waals surface area contributed by atoms with Gasteiger partial charge in [0.15, 0.2) is 0 Å². The number of hydrogen-bond donors (Lipinski definition) is 0. The summed E-state index contributed by atoms with van der Waals surface area (Å²) < 4.78 is 0. The maximum Gasteiger partial charge on any atom is 0.0628 e. The molecular formula is C17H23Cl3. The van der Waals surface area contributed by atoms with Crippen molar-refractivity contribution in [2.24, 2.45) is 11.8 Å². The highest BCUT2D eigenvalue weighted by atomic mass is 35.5. The minimum absolute atomic E-state index is 0.00618. The number of alkyl halides is 1. The molecule has 0 nitrogen and oxygen atoms in total. The summed E-state index contributed by atoms with van der Waals surface area (Å²) in [6.07, 6.45) is 9.10. The van der Waals surface area contributed by atoms with Crippen molar-refractivity contribution in [1.29, 1.82) is 0 Å². The van der Waals surface area contributed by atoms with E-state index >= 15 is 0 Å². The summed E-state index contributed by atoms with van der Waals surface area (Å²) in [4.78, 5) is 0. The first-order chi connectivity index (χ1) is 9.61. The Morgan fingerprint density at radius 3 is 2.50 bits per heavy atom. The minimum Gasteiger partial charge on any atom is -0.117 e. The zero-order valence-electron chi connectivity index (χ0n) is 12.0. The van der Waals surface area contributed by atoms with Crippen LogP contribution in [0.2, 0.25) is 10.0 Å². The monoisotopic (exact) mass is 332 g/mol. The van der Waals surface area contributed by atoms with Gasteiger partial charge < -0.3 is 0 Å². The number of unbranched alkanes of at least 4 members (excludes halogenated alkanes) is 1. The van der Waals surface area contributed by atoms with Crippen LogP contribution in [0.5, 0.6) is 0 Å². The molecule has 1 saturated carbocycles. The summed E-state index contributed by atoms with van der Waals surface area (Å²) in [6.45, 7) is 2.27. The van der Waals surface area contributed by atoms with Crippen LogP contribution in [0.15, 0.2) is 18.2 Å². The summed E-state index contributed by atoms with van der Waals surface area (Å²) in [7, 11) is 0. The van der Waals surface area contributed by atoms with Crippen LogP contribution in [0.4, 0.5) is 0 Å². The van der Waals surface area contributed by atoms with Crippen LogP contribution >= 0.6 is 34.8 Å². The molecule has 1 aromatic carbocycles. The standard InChI is InChI=1S/C17H23Cl3/c1-2-3-4-12-5-7-13(8-6-12)17(20)15-11-14(18)9-10-16(15)19/h9-13,17H,2-8H2,1H3. The highest BCUT2D eigenvalue weighted by molar-refractivity contribution is 6.34. The molecular weight excluding hydrogens is 311 g/mol. The van der Waals surface area contributed by atoms with E-state index in [1.165, 1.54) is 44.9 Å². The maximum absolute atomic E-state index is 6.67. The molecule has 20 heavy (non-hydrogen) atoms. The first-order valence-corrected chi connectivity index (χ1v) is 8.90. The lowest BCUT2D eigenvalue weighted by Crippen LogP contribution is -2.18. The molecule has 0 saturated heterocycles. The summed E-state index contributed by atoms with van der Waals surface area (Å²) in [5.41, 5.74) is 0.998. The van der Waals surface area contributed by atoms with Crippen molar-refractivity contribution in [1.82, 2.24) is 0 Å². The lowest BCUT2D eigenvalue weighted by atomic mass is 9.77. The maximum atomic E-state index is 6.67. The number of rotatable bonds is 5. The average molecular weight is 334 g/mol. The van der Waals surface area contributed by atoms with Gasteiger partial charge in [0.25, 0.3) is 0 Å². The quantitative estimate of drug-likeness (QED) is 0.497. The third-order valence-corrected chi connectivity index (χ3v) is 5.70. The van der Waals surface area contributed by atoms with Gasteiger partial charge in [0, 0.05) is 10.0 Å². The first kappa shape index (κ1) is 16.5. The number of halogens is 3.